The number of nitrogens with one attached hydrogen (secondary N) is 1. The molecule has 0 aliphatic rings. The number of thioether (sulfide) groups is 1. The van der Waals surface area contributed by atoms with E-state index in [-0.39, 0.29) is 23.6 Å². The number of carbonyl (C=O) groups is 1. The summed E-state index contributed by atoms with van der Waals surface area (Å²) in [5, 5.41) is 14.7. The van der Waals surface area contributed by atoms with Gasteiger partial charge in [-0.1, -0.05) is 60.2 Å². The molecule has 0 aliphatic heterocycles. The van der Waals surface area contributed by atoms with Gasteiger partial charge in [0.1, 0.15) is 0 Å². The molecule has 3 aromatic rings. The monoisotopic (exact) mass is 393 g/mol. The molecule has 0 atom stereocenters. The average molecular weight is 394 g/mol. The number of para-hydroxylation sites is 1. The Morgan fingerprint density at radius 1 is 1.36 bits per heavy atom. The van der Waals surface area contributed by atoms with Crippen molar-refractivity contribution in [2.75, 3.05) is 11.1 Å². The van der Waals surface area contributed by atoms with Crippen LogP contribution in [-0.4, -0.2) is 31.6 Å². The number of anilines is 1. The fraction of sp³-hybridized carbons (Fsp3) is 0.267. The van der Waals surface area contributed by atoms with E-state index in [1.807, 2.05) is 44.2 Å². The Labute approximate surface area is 157 Å². The van der Waals surface area contributed by atoms with Gasteiger partial charge in [0.2, 0.25) is 11.8 Å². The standard InChI is InChI=1S/C15H15N5O2S3/c1-9(2)12-17-18-13(22-12)16-11(21)8-24-14-19-20(15(23)25-14)10-6-4-3-5-7-10/h3-7,9H,8H2,1-2H3,(H,16,18,21). The lowest BCUT2D eigenvalue weighted by Crippen LogP contribution is -2.14. The van der Waals surface area contributed by atoms with Crippen LogP contribution < -0.4 is 5.32 Å². The van der Waals surface area contributed by atoms with E-state index in [9.17, 15) is 4.79 Å². The lowest BCUT2D eigenvalue weighted by molar-refractivity contribution is -0.113. The molecule has 3 rings (SSSR count). The molecule has 0 unspecified atom stereocenters. The normalized spacial score (nSPS) is 11.0. The Morgan fingerprint density at radius 3 is 2.80 bits per heavy atom. The van der Waals surface area contributed by atoms with Gasteiger partial charge in [-0.25, -0.2) is 4.68 Å². The third-order valence-corrected chi connectivity index (χ3v) is 5.40. The van der Waals surface area contributed by atoms with Crippen molar-refractivity contribution in [1.82, 2.24) is 20.0 Å². The van der Waals surface area contributed by atoms with E-state index in [1.54, 1.807) is 4.68 Å². The number of nitrogens with zero attached hydrogens (tertiary/aromatic N) is 4. The van der Waals surface area contributed by atoms with E-state index >= 15 is 0 Å². The highest BCUT2D eigenvalue weighted by Crippen LogP contribution is 2.24. The van der Waals surface area contributed by atoms with Crippen LogP contribution in [0.2, 0.25) is 0 Å². The van der Waals surface area contributed by atoms with E-state index in [2.05, 4.69) is 20.6 Å². The fourth-order valence-electron chi connectivity index (χ4n) is 1.85. The second kappa shape index (κ2) is 7.89. The maximum absolute atomic E-state index is 12.0. The number of benzene rings is 1. The zero-order chi connectivity index (χ0) is 17.8. The Bertz CT molecular complexity index is 917. The molecule has 0 saturated heterocycles. The van der Waals surface area contributed by atoms with Crippen molar-refractivity contribution in [1.29, 1.82) is 0 Å². The average Bonchev–Trinajstić information content (AvgIpc) is 3.20. The molecular formula is C15H15N5O2S3. The zero-order valence-corrected chi connectivity index (χ0v) is 16.0. The van der Waals surface area contributed by atoms with Gasteiger partial charge < -0.3 is 4.42 Å². The lowest BCUT2D eigenvalue weighted by atomic mass is 10.2. The Morgan fingerprint density at radius 2 is 2.12 bits per heavy atom. The quantitative estimate of drug-likeness (QED) is 0.502. The summed E-state index contributed by atoms with van der Waals surface area (Å²) in [6.07, 6.45) is 0. The summed E-state index contributed by atoms with van der Waals surface area (Å²) < 4.78 is 8.39. The van der Waals surface area contributed by atoms with Gasteiger partial charge in [0.05, 0.1) is 11.4 Å². The second-order valence-electron chi connectivity index (χ2n) is 5.32. The summed E-state index contributed by atoms with van der Waals surface area (Å²) in [6.45, 7) is 3.87. The number of amides is 1. The summed E-state index contributed by atoms with van der Waals surface area (Å²) in [4.78, 5) is 12.0. The van der Waals surface area contributed by atoms with Crippen LogP contribution in [0.15, 0.2) is 39.1 Å². The predicted molar refractivity (Wildman–Crippen MR) is 100 cm³/mol. The molecule has 0 bridgehead atoms. The van der Waals surface area contributed by atoms with E-state index in [1.165, 1.54) is 23.1 Å². The Hall–Kier alpha value is -2.04. The molecule has 0 spiro atoms. The Kier molecular flexibility index (Phi) is 5.61. The van der Waals surface area contributed by atoms with Crippen LogP contribution in [0.5, 0.6) is 0 Å². The number of hydrogen-bond donors (Lipinski definition) is 1. The molecule has 130 valence electrons. The number of hydrogen-bond acceptors (Lipinski definition) is 8. The van der Waals surface area contributed by atoms with E-state index in [4.69, 9.17) is 16.6 Å². The molecule has 10 heteroatoms. The lowest BCUT2D eigenvalue weighted by Gasteiger charge is -2.00. The summed E-state index contributed by atoms with van der Waals surface area (Å²) in [6, 6.07) is 9.74. The van der Waals surface area contributed by atoms with Gasteiger partial charge in [-0.15, -0.1) is 10.2 Å². The third-order valence-electron chi connectivity index (χ3n) is 3.04. The van der Waals surface area contributed by atoms with Crippen molar-refractivity contribution in [2.45, 2.75) is 24.1 Å². The molecule has 0 saturated carbocycles. The Balaban J connectivity index is 1.60. The highest BCUT2D eigenvalue weighted by Gasteiger charge is 2.13. The second-order valence-corrected chi connectivity index (χ2v) is 8.16. The first-order chi connectivity index (χ1) is 12.0. The molecule has 25 heavy (non-hydrogen) atoms. The summed E-state index contributed by atoms with van der Waals surface area (Å²) in [5.41, 5.74) is 0.895. The maximum atomic E-state index is 12.0. The van der Waals surface area contributed by atoms with Gasteiger partial charge in [-0.2, -0.15) is 0 Å². The van der Waals surface area contributed by atoms with Crippen LogP contribution in [0, 0.1) is 3.95 Å². The molecule has 7 nitrogen and oxygen atoms in total. The van der Waals surface area contributed by atoms with Crippen molar-refractivity contribution in [3.05, 3.63) is 40.2 Å². The van der Waals surface area contributed by atoms with E-state index < -0.39 is 0 Å². The first-order valence-corrected chi connectivity index (χ1v) is 9.65. The minimum atomic E-state index is -0.240. The van der Waals surface area contributed by atoms with Gasteiger partial charge in [0, 0.05) is 5.92 Å². The van der Waals surface area contributed by atoms with Crippen LogP contribution in [0.25, 0.3) is 5.69 Å². The first-order valence-electron chi connectivity index (χ1n) is 7.44. The minimum Gasteiger partial charge on any atom is -0.408 e. The molecule has 0 fully saturated rings. The minimum absolute atomic E-state index is 0.108. The molecule has 2 heterocycles. The fourth-order valence-corrected chi connectivity index (χ4v) is 4.01. The predicted octanol–water partition coefficient (Wildman–Crippen LogP) is 3.90. The van der Waals surface area contributed by atoms with Gasteiger partial charge >= 0.3 is 6.01 Å². The van der Waals surface area contributed by atoms with Gasteiger partial charge in [0.25, 0.3) is 0 Å². The summed E-state index contributed by atoms with van der Waals surface area (Å²) >= 11 is 8.01. The smallest absolute Gasteiger partial charge is 0.322 e. The molecule has 0 radical (unpaired) electrons. The molecular weight excluding hydrogens is 378 g/mol. The van der Waals surface area contributed by atoms with Crippen molar-refractivity contribution < 1.29 is 9.21 Å². The van der Waals surface area contributed by atoms with Crippen molar-refractivity contribution >= 4 is 47.2 Å². The molecule has 1 aromatic carbocycles. The maximum Gasteiger partial charge on any atom is 0.322 e. The van der Waals surface area contributed by atoms with Crippen LogP contribution in [0.4, 0.5) is 6.01 Å². The third kappa shape index (κ3) is 4.53. The van der Waals surface area contributed by atoms with Crippen LogP contribution in [-0.2, 0) is 4.79 Å². The van der Waals surface area contributed by atoms with Gasteiger partial charge in [-0.05, 0) is 24.4 Å². The van der Waals surface area contributed by atoms with E-state index in [0.717, 1.165) is 10.0 Å². The zero-order valence-electron chi connectivity index (χ0n) is 13.5. The largest absolute Gasteiger partial charge is 0.408 e. The highest BCUT2D eigenvalue weighted by atomic mass is 32.2. The van der Waals surface area contributed by atoms with E-state index in [0.29, 0.717) is 9.85 Å². The number of aromatic nitrogens is 4. The molecule has 0 aliphatic carbocycles. The molecule has 1 amide bonds. The topological polar surface area (TPSA) is 85.8 Å². The van der Waals surface area contributed by atoms with Gasteiger partial charge in [-0.3, -0.25) is 10.1 Å². The first kappa shape index (κ1) is 17.8. The summed E-state index contributed by atoms with van der Waals surface area (Å²) in [7, 11) is 0. The van der Waals surface area contributed by atoms with Crippen molar-refractivity contribution in [2.24, 2.45) is 0 Å². The van der Waals surface area contributed by atoms with Crippen LogP contribution >= 0.6 is 35.3 Å². The molecule has 1 N–H and O–H groups in total. The number of rotatable bonds is 6. The van der Waals surface area contributed by atoms with Gasteiger partial charge in [0.15, 0.2) is 8.29 Å². The highest BCUT2D eigenvalue weighted by molar-refractivity contribution is 8.01. The summed E-state index contributed by atoms with van der Waals surface area (Å²) in [5.74, 6) is 0.539. The SMILES string of the molecule is CC(C)c1nnc(NC(=O)CSc2nn(-c3ccccc3)c(=S)s2)o1. The van der Waals surface area contributed by atoms with Crippen molar-refractivity contribution in [3.8, 4) is 5.69 Å². The van der Waals surface area contributed by atoms with Crippen LogP contribution in [0.3, 0.4) is 0 Å². The van der Waals surface area contributed by atoms with Crippen LogP contribution in [0.1, 0.15) is 25.7 Å². The van der Waals surface area contributed by atoms with Crippen molar-refractivity contribution in [3.63, 3.8) is 0 Å². The molecule has 2 aromatic heterocycles. The number of carbonyl (C=O) groups excluding carboxylic acids is 1.